The highest BCUT2D eigenvalue weighted by molar-refractivity contribution is 6.25. The van der Waals surface area contributed by atoms with Crippen molar-refractivity contribution < 1.29 is 4.42 Å². The number of nitrogens with zero attached hydrogens (tertiary/aromatic N) is 5. The van der Waals surface area contributed by atoms with Crippen molar-refractivity contribution in [3.63, 3.8) is 0 Å². The van der Waals surface area contributed by atoms with Crippen molar-refractivity contribution >= 4 is 65.6 Å². The van der Waals surface area contributed by atoms with Crippen LogP contribution in [-0.2, 0) is 0 Å². The summed E-state index contributed by atoms with van der Waals surface area (Å²) >= 11 is 0. The minimum atomic E-state index is 0.602. The molecule has 4 aromatic heterocycles. The van der Waals surface area contributed by atoms with Crippen LogP contribution in [0.5, 0.6) is 0 Å². The zero-order valence-electron chi connectivity index (χ0n) is 33.9. The molecule has 0 saturated carbocycles. The summed E-state index contributed by atoms with van der Waals surface area (Å²) in [5.74, 6) is 1.85. The summed E-state index contributed by atoms with van der Waals surface area (Å²) in [7, 11) is 0. The van der Waals surface area contributed by atoms with Crippen molar-refractivity contribution in [2.75, 3.05) is 0 Å². The van der Waals surface area contributed by atoms with E-state index in [0.717, 1.165) is 82.8 Å². The highest BCUT2D eigenvalue weighted by Gasteiger charge is 2.24. The van der Waals surface area contributed by atoms with Crippen molar-refractivity contribution in [2.45, 2.75) is 0 Å². The van der Waals surface area contributed by atoms with Gasteiger partial charge in [-0.15, -0.1) is 0 Å². The molecule has 0 unspecified atom stereocenters. The molecular formula is C57H35N5O. The van der Waals surface area contributed by atoms with Crippen molar-refractivity contribution in [3.8, 4) is 56.7 Å². The summed E-state index contributed by atoms with van der Waals surface area (Å²) in [6.45, 7) is 0. The standard InChI is InChI=1S/C57H35N5O/c1-5-17-36(18-6-1)41-26-15-27-43-42-25-13-14-29-47(42)62(52(41)43)50-30-16-28-44-45-32-34-49-51(54(45)63-53(44)50)46-35-39(31-33-48(46)61(49)40-23-11-4-12-24-40)57-59-55(37-19-7-2-8-20-37)58-56(60-57)38-21-9-3-10-22-38/h1-35H. The molecule has 0 saturated heterocycles. The van der Waals surface area contributed by atoms with Crippen molar-refractivity contribution in [3.05, 3.63) is 212 Å². The van der Waals surface area contributed by atoms with Crippen LogP contribution in [-0.4, -0.2) is 24.1 Å². The molecule has 0 aliphatic heterocycles. The fraction of sp³-hybridized carbons (Fsp3) is 0. The molecule has 63 heavy (non-hydrogen) atoms. The third-order valence-electron chi connectivity index (χ3n) is 12.4. The zero-order valence-corrected chi connectivity index (χ0v) is 33.9. The molecule has 0 bridgehead atoms. The van der Waals surface area contributed by atoms with Gasteiger partial charge in [0.15, 0.2) is 23.1 Å². The topological polar surface area (TPSA) is 61.7 Å². The van der Waals surface area contributed by atoms with Crippen LogP contribution < -0.4 is 0 Å². The summed E-state index contributed by atoms with van der Waals surface area (Å²) in [4.78, 5) is 15.2. The second kappa shape index (κ2) is 14.0. The van der Waals surface area contributed by atoms with Gasteiger partial charge in [-0.05, 0) is 60.2 Å². The van der Waals surface area contributed by atoms with Crippen LogP contribution in [0.1, 0.15) is 0 Å². The average molecular weight is 806 g/mol. The van der Waals surface area contributed by atoms with E-state index in [-0.39, 0.29) is 0 Å². The third kappa shape index (κ3) is 5.48. The van der Waals surface area contributed by atoms with E-state index < -0.39 is 0 Å². The van der Waals surface area contributed by atoms with Crippen molar-refractivity contribution in [1.29, 1.82) is 0 Å². The Balaban J connectivity index is 1.10. The largest absolute Gasteiger partial charge is 0.453 e. The highest BCUT2D eigenvalue weighted by atomic mass is 16.3. The maximum Gasteiger partial charge on any atom is 0.164 e. The quantitative estimate of drug-likeness (QED) is 0.168. The summed E-state index contributed by atoms with van der Waals surface area (Å²) in [6.07, 6.45) is 0. The predicted molar refractivity (Wildman–Crippen MR) is 258 cm³/mol. The smallest absolute Gasteiger partial charge is 0.164 e. The van der Waals surface area contributed by atoms with E-state index in [2.05, 4.69) is 161 Å². The van der Waals surface area contributed by atoms with Crippen LogP contribution in [0.25, 0.3) is 122 Å². The monoisotopic (exact) mass is 805 g/mol. The average Bonchev–Trinajstić information content (AvgIpc) is 4.03. The second-order valence-corrected chi connectivity index (χ2v) is 16.0. The Hall–Kier alpha value is -8.61. The third-order valence-corrected chi connectivity index (χ3v) is 12.4. The lowest BCUT2D eigenvalue weighted by Gasteiger charge is -2.12. The van der Waals surface area contributed by atoms with Crippen LogP contribution in [0.2, 0.25) is 0 Å². The van der Waals surface area contributed by atoms with E-state index in [9.17, 15) is 0 Å². The van der Waals surface area contributed by atoms with Crippen molar-refractivity contribution in [1.82, 2.24) is 24.1 Å². The second-order valence-electron chi connectivity index (χ2n) is 16.0. The van der Waals surface area contributed by atoms with Gasteiger partial charge >= 0.3 is 0 Å². The molecule has 0 aliphatic carbocycles. The lowest BCUT2D eigenvalue weighted by Crippen LogP contribution is -2.00. The Bertz CT molecular complexity index is 3830. The van der Waals surface area contributed by atoms with E-state index in [1.807, 2.05) is 60.7 Å². The highest BCUT2D eigenvalue weighted by Crippen LogP contribution is 2.45. The zero-order chi connectivity index (χ0) is 41.4. The van der Waals surface area contributed by atoms with Gasteiger partial charge in [-0.1, -0.05) is 158 Å². The molecule has 0 radical (unpaired) electrons. The van der Waals surface area contributed by atoms with Crippen LogP contribution in [0, 0.1) is 0 Å². The van der Waals surface area contributed by atoms with Crippen LogP contribution in [0.3, 0.4) is 0 Å². The summed E-state index contributed by atoms with van der Waals surface area (Å²) < 4.78 is 12.1. The first-order valence-electron chi connectivity index (χ1n) is 21.2. The van der Waals surface area contributed by atoms with Gasteiger partial charge in [-0.3, -0.25) is 0 Å². The number of para-hydroxylation sites is 4. The number of benzene rings is 9. The molecule has 0 atom stereocenters. The van der Waals surface area contributed by atoms with E-state index in [1.165, 1.54) is 21.9 Å². The molecule has 13 rings (SSSR count). The summed E-state index contributed by atoms with van der Waals surface area (Å²) in [6, 6.07) is 74.3. The Morgan fingerprint density at radius 3 is 1.59 bits per heavy atom. The number of aromatic nitrogens is 5. The number of rotatable bonds is 6. The van der Waals surface area contributed by atoms with Gasteiger partial charge in [-0.2, -0.15) is 0 Å². The number of hydrogen-bond acceptors (Lipinski definition) is 4. The van der Waals surface area contributed by atoms with Gasteiger partial charge in [0, 0.05) is 54.9 Å². The first-order chi connectivity index (χ1) is 31.3. The number of furan rings is 1. The molecule has 6 nitrogen and oxygen atoms in total. The molecule has 0 amide bonds. The Morgan fingerprint density at radius 2 is 0.873 bits per heavy atom. The molecule has 13 aromatic rings. The molecule has 4 heterocycles. The lowest BCUT2D eigenvalue weighted by atomic mass is 10.0. The van der Waals surface area contributed by atoms with E-state index in [1.54, 1.807) is 0 Å². The molecule has 294 valence electrons. The number of hydrogen-bond donors (Lipinski definition) is 0. The van der Waals surface area contributed by atoms with Gasteiger partial charge in [0.1, 0.15) is 5.58 Å². The molecule has 0 aliphatic rings. The summed E-state index contributed by atoms with van der Waals surface area (Å²) in [5.41, 5.74) is 13.2. The SMILES string of the molecule is c1ccc(-c2nc(-c3ccccc3)nc(-c3ccc4c(c3)c3c5oc6c(-n7c8ccccc8c8cccc(-c9ccccc9)c87)cccc6c5ccc3n4-c3ccccc3)n2)cc1. The maximum absolute atomic E-state index is 7.35. The van der Waals surface area contributed by atoms with Crippen LogP contribution in [0.15, 0.2) is 217 Å². The Morgan fingerprint density at radius 1 is 0.333 bits per heavy atom. The molecule has 0 fully saturated rings. The molecule has 6 heteroatoms. The van der Waals surface area contributed by atoms with Crippen LogP contribution >= 0.6 is 0 Å². The molecule has 0 N–H and O–H groups in total. The van der Waals surface area contributed by atoms with Crippen molar-refractivity contribution in [2.24, 2.45) is 0 Å². The first kappa shape index (κ1) is 35.2. The van der Waals surface area contributed by atoms with Gasteiger partial charge in [-0.25, -0.2) is 15.0 Å². The molecule has 0 spiro atoms. The maximum atomic E-state index is 7.35. The van der Waals surface area contributed by atoms with E-state index in [4.69, 9.17) is 19.4 Å². The Kier molecular flexibility index (Phi) is 7.80. The van der Waals surface area contributed by atoms with Gasteiger partial charge in [0.25, 0.3) is 0 Å². The van der Waals surface area contributed by atoms with Crippen LogP contribution in [0.4, 0.5) is 0 Å². The van der Waals surface area contributed by atoms with E-state index in [0.29, 0.717) is 17.5 Å². The Labute approximate surface area is 361 Å². The number of fused-ring (bicyclic) bond motifs is 10. The fourth-order valence-corrected chi connectivity index (χ4v) is 9.57. The van der Waals surface area contributed by atoms with Gasteiger partial charge < -0.3 is 13.6 Å². The predicted octanol–water partition coefficient (Wildman–Crippen LogP) is 14.6. The first-order valence-corrected chi connectivity index (χ1v) is 21.2. The minimum Gasteiger partial charge on any atom is -0.453 e. The normalized spacial score (nSPS) is 11.8. The fourth-order valence-electron chi connectivity index (χ4n) is 9.57. The lowest BCUT2D eigenvalue weighted by molar-refractivity contribution is 0.670. The van der Waals surface area contributed by atoms with E-state index >= 15 is 0 Å². The molecular weight excluding hydrogens is 771 g/mol. The van der Waals surface area contributed by atoms with Gasteiger partial charge in [0.2, 0.25) is 0 Å². The minimum absolute atomic E-state index is 0.602. The summed E-state index contributed by atoms with van der Waals surface area (Å²) in [5, 5.41) is 6.58. The molecule has 9 aromatic carbocycles. The van der Waals surface area contributed by atoms with Gasteiger partial charge in [0.05, 0.1) is 33.1 Å².